The summed E-state index contributed by atoms with van der Waals surface area (Å²) in [5, 5.41) is 0. The maximum Gasteiger partial charge on any atom is 0.222 e. The molecule has 2 N–H and O–H groups in total. The van der Waals surface area contributed by atoms with Crippen LogP contribution in [0.5, 0.6) is 0 Å². The molecule has 4 nitrogen and oxygen atoms in total. The van der Waals surface area contributed by atoms with Crippen molar-refractivity contribution in [1.29, 1.82) is 0 Å². The lowest BCUT2D eigenvalue weighted by molar-refractivity contribution is -0.132. The van der Waals surface area contributed by atoms with Gasteiger partial charge in [-0.1, -0.05) is 20.3 Å². The topological polar surface area (TPSA) is 49.6 Å². The highest BCUT2D eigenvalue weighted by atomic mass is 16.2. The van der Waals surface area contributed by atoms with Gasteiger partial charge in [0.05, 0.1) is 0 Å². The van der Waals surface area contributed by atoms with Crippen LogP contribution in [-0.4, -0.2) is 37.0 Å². The fraction of sp³-hybridized carbons (Fsp3) is 0.562. The largest absolute Gasteiger partial charge is 0.399 e. The molecule has 0 bridgehead atoms. The lowest BCUT2D eigenvalue weighted by atomic mass is 10.0. The summed E-state index contributed by atoms with van der Waals surface area (Å²) in [5.41, 5.74) is 7.68. The van der Waals surface area contributed by atoms with Gasteiger partial charge in [0.25, 0.3) is 0 Å². The van der Waals surface area contributed by atoms with Gasteiger partial charge in [0, 0.05) is 44.0 Å². The first kappa shape index (κ1) is 14.7. The molecular weight excluding hydrogens is 250 g/mol. The van der Waals surface area contributed by atoms with Crippen molar-refractivity contribution in [2.24, 2.45) is 5.92 Å². The number of piperazine rings is 1. The van der Waals surface area contributed by atoms with Crippen molar-refractivity contribution in [3.8, 4) is 0 Å². The van der Waals surface area contributed by atoms with Gasteiger partial charge >= 0.3 is 0 Å². The predicted molar refractivity (Wildman–Crippen MR) is 83.7 cm³/mol. The van der Waals surface area contributed by atoms with E-state index in [9.17, 15) is 4.79 Å². The van der Waals surface area contributed by atoms with E-state index in [0.29, 0.717) is 18.2 Å². The molecular formula is C16H25N3O. The Morgan fingerprint density at radius 1 is 1.20 bits per heavy atom. The van der Waals surface area contributed by atoms with E-state index in [1.165, 1.54) is 5.69 Å². The van der Waals surface area contributed by atoms with Gasteiger partial charge in [-0.05, 0) is 30.2 Å². The van der Waals surface area contributed by atoms with Gasteiger partial charge in [-0.3, -0.25) is 4.79 Å². The summed E-state index contributed by atoms with van der Waals surface area (Å²) in [6.45, 7) is 7.71. The van der Waals surface area contributed by atoms with Crippen LogP contribution in [-0.2, 0) is 4.79 Å². The second-order valence-electron chi connectivity index (χ2n) is 5.68. The quantitative estimate of drug-likeness (QED) is 0.858. The number of amides is 1. The molecule has 1 amide bonds. The number of nitrogens with two attached hydrogens (primary N) is 1. The predicted octanol–water partition coefficient (Wildman–Crippen LogP) is 2.35. The molecule has 4 heteroatoms. The molecule has 1 heterocycles. The third-order valence-electron chi connectivity index (χ3n) is 4.11. The Morgan fingerprint density at radius 3 is 2.35 bits per heavy atom. The summed E-state index contributed by atoms with van der Waals surface area (Å²) in [4.78, 5) is 16.5. The molecule has 1 atom stereocenters. The second kappa shape index (κ2) is 6.64. The molecule has 1 aliphatic rings. The van der Waals surface area contributed by atoms with E-state index in [-0.39, 0.29) is 0 Å². The number of hydrogen-bond acceptors (Lipinski definition) is 3. The molecule has 2 rings (SSSR count). The first-order valence-electron chi connectivity index (χ1n) is 7.48. The number of anilines is 2. The van der Waals surface area contributed by atoms with Gasteiger partial charge in [-0.25, -0.2) is 0 Å². The molecule has 20 heavy (non-hydrogen) atoms. The Bertz CT molecular complexity index is 436. The van der Waals surface area contributed by atoms with E-state index in [1.807, 2.05) is 29.2 Å². The van der Waals surface area contributed by atoms with Crippen LogP contribution in [0.2, 0.25) is 0 Å². The Labute approximate surface area is 121 Å². The van der Waals surface area contributed by atoms with Crippen molar-refractivity contribution in [1.82, 2.24) is 4.90 Å². The van der Waals surface area contributed by atoms with Crippen molar-refractivity contribution >= 4 is 17.3 Å². The van der Waals surface area contributed by atoms with Crippen LogP contribution in [0.1, 0.15) is 26.7 Å². The Kier molecular flexibility index (Phi) is 4.88. The van der Waals surface area contributed by atoms with Crippen LogP contribution in [0.4, 0.5) is 11.4 Å². The lowest BCUT2D eigenvalue weighted by Crippen LogP contribution is -2.49. The second-order valence-corrected chi connectivity index (χ2v) is 5.68. The number of benzene rings is 1. The average molecular weight is 275 g/mol. The number of hydrogen-bond donors (Lipinski definition) is 1. The molecule has 0 aliphatic carbocycles. The summed E-state index contributed by atoms with van der Waals surface area (Å²) in [7, 11) is 0. The summed E-state index contributed by atoms with van der Waals surface area (Å²) in [5.74, 6) is 0.786. The van der Waals surface area contributed by atoms with E-state index < -0.39 is 0 Å². The van der Waals surface area contributed by atoms with Crippen molar-refractivity contribution in [3.63, 3.8) is 0 Å². The zero-order chi connectivity index (χ0) is 14.5. The zero-order valence-corrected chi connectivity index (χ0v) is 12.5. The molecule has 1 fully saturated rings. The van der Waals surface area contributed by atoms with Gasteiger partial charge in [0.15, 0.2) is 0 Å². The molecule has 110 valence electrons. The average Bonchev–Trinajstić information content (AvgIpc) is 2.48. The summed E-state index contributed by atoms with van der Waals surface area (Å²) < 4.78 is 0. The highest BCUT2D eigenvalue weighted by Crippen LogP contribution is 2.19. The Hall–Kier alpha value is -1.71. The number of nitrogens with zero attached hydrogens (tertiary/aromatic N) is 2. The summed E-state index contributed by atoms with van der Waals surface area (Å²) >= 11 is 0. The van der Waals surface area contributed by atoms with E-state index in [1.54, 1.807) is 0 Å². The highest BCUT2D eigenvalue weighted by Gasteiger charge is 2.21. The third-order valence-corrected chi connectivity index (χ3v) is 4.11. The van der Waals surface area contributed by atoms with E-state index in [4.69, 9.17) is 5.73 Å². The fourth-order valence-corrected chi connectivity index (χ4v) is 2.47. The van der Waals surface area contributed by atoms with Crippen molar-refractivity contribution in [2.75, 3.05) is 36.8 Å². The first-order chi connectivity index (χ1) is 9.60. The van der Waals surface area contributed by atoms with Crippen LogP contribution in [0.3, 0.4) is 0 Å². The molecule has 0 aromatic heterocycles. The number of nitrogen functional groups attached to an aromatic ring is 1. The third kappa shape index (κ3) is 3.65. The SMILES string of the molecule is CCC(C)CC(=O)N1CCN(c2ccc(N)cc2)CC1. The molecule has 1 aromatic rings. The number of rotatable bonds is 4. The van der Waals surface area contributed by atoms with Gasteiger partial charge in [0.2, 0.25) is 5.91 Å². The minimum absolute atomic E-state index is 0.302. The van der Waals surface area contributed by atoms with Gasteiger partial charge in [-0.15, -0.1) is 0 Å². The summed E-state index contributed by atoms with van der Waals surface area (Å²) in [6, 6.07) is 7.95. The van der Waals surface area contributed by atoms with Crippen LogP contribution in [0, 0.1) is 5.92 Å². The van der Waals surface area contributed by atoms with Crippen LogP contribution < -0.4 is 10.6 Å². The molecule has 1 saturated heterocycles. The number of carbonyl (C=O) groups is 1. The molecule has 0 saturated carbocycles. The van der Waals surface area contributed by atoms with Crippen LogP contribution in [0.25, 0.3) is 0 Å². The maximum atomic E-state index is 12.1. The van der Waals surface area contributed by atoms with Crippen molar-refractivity contribution in [3.05, 3.63) is 24.3 Å². The Balaban J connectivity index is 1.86. The molecule has 1 unspecified atom stereocenters. The molecule has 1 aromatic carbocycles. The molecule has 0 radical (unpaired) electrons. The van der Waals surface area contributed by atoms with Crippen LogP contribution >= 0.6 is 0 Å². The zero-order valence-electron chi connectivity index (χ0n) is 12.5. The van der Waals surface area contributed by atoms with Crippen molar-refractivity contribution < 1.29 is 4.79 Å². The molecule has 1 aliphatic heterocycles. The summed E-state index contributed by atoms with van der Waals surface area (Å²) in [6.07, 6.45) is 1.75. The normalized spacial score (nSPS) is 17.1. The van der Waals surface area contributed by atoms with E-state index >= 15 is 0 Å². The van der Waals surface area contributed by atoms with E-state index in [0.717, 1.165) is 38.3 Å². The maximum absolute atomic E-state index is 12.1. The van der Waals surface area contributed by atoms with Crippen LogP contribution in [0.15, 0.2) is 24.3 Å². The minimum atomic E-state index is 0.302. The minimum Gasteiger partial charge on any atom is -0.399 e. The van der Waals surface area contributed by atoms with Gasteiger partial charge < -0.3 is 15.5 Å². The monoisotopic (exact) mass is 275 g/mol. The van der Waals surface area contributed by atoms with Gasteiger partial charge in [-0.2, -0.15) is 0 Å². The molecule has 0 spiro atoms. The standard InChI is InChI=1S/C16H25N3O/c1-3-13(2)12-16(20)19-10-8-18(9-11-19)15-6-4-14(17)5-7-15/h4-7,13H,3,8-12,17H2,1-2H3. The van der Waals surface area contributed by atoms with Gasteiger partial charge in [0.1, 0.15) is 0 Å². The van der Waals surface area contributed by atoms with E-state index in [2.05, 4.69) is 18.7 Å². The first-order valence-corrected chi connectivity index (χ1v) is 7.48. The van der Waals surface area contributed by atoms with Crippen molar-refractivity contribution in [2.45, 2.75) is 26.7 Å². The highest BCUT2D eigenvalue weighted by molar-refractivity contribution is 5.76. The lowest BCUT2D eigenvalue weighted by Gasteiger charge is -2.36. The Morgan fingerprint density at radius 2 is 1.80 bits per heavy atom. The smallest absolute Gasteiger partial charge is 0.222 e. The fourth-order valence-electron chi connectivity index (χ4n) is 2.47. The number of carbonyl (C=O) groups excluding carboxylic acids is 1.